The summed E-state index contributed by atoms with van der Waals surface area (Å²) in [5.41, 5.74) is 5.22. The highest BCUT2D eigenvalue weighted by atomic mass is 16.2. The van der Waals surface area contributed by atoms with Gasteiger partial charge in [-0.2, -0.15) is 5.10 Å². The molecular weight excluding hydrogens is 288 g/mol. The van der Waals surface area contributed by atoms with E-state index >= 15 is 0 Å². The van der Waals surface area contributed by atoms with Crippen molar-refractivity contribution in [3.05, 3.63) is 71.9 Å². The zero-order valence-electron chi connectivity index (χ0n) is 12.5. The van der Waals surface area contributed by atoms with Crippen molar-refractivity contribution >= 4 is 11.7 Å². The Hall–Kier alpha value is -3.08. The maximum atomic E-state index is 12.4. The zero-order chi connectivity index (χ0) is 15.6. The van der Waals surface area contributed by atoms with Crippen molar-refractivity contribution in [2.75, 3.05) is 5.32 Å². The number of fused-ring (bicyclic) bond motifs is 1. The molecule has 114 valence electrons. The van der Waals surface area contributed by atoms with Gasteiger partial charge in [-0.05, 0) is 34.9 Å². The van der Waals surface area contributed by atoms with Crippen LogP contribution in [0.2, 0.25) is 0 Å². The summed E-state index contributed by atoms with van der Waals surface area (Å²) >= 11 is 0. The van der Waals surface area contributed by atoms with Gasteiger partial charge in [0.1, 0.15) is 0 Å². The Labute approximate surface area is 134 Å². The highest BCUT2D eigenvalue weighted by Crippen LogP contribution is 2.24. The standard InChI is InChI=1S/C18H16N4O/c23-18(22-11-14-3-1-2-4-15(14)12-22)20-16-7-5-13(6-8-16)17-9-10-19-21-17/h1-10H,11-12H2,(H,19,21)(H,20,23). The fourth-order valence-electron chi connectivity index (χ4n) is 2.83. The van der Waals surface area contributed by atoms with Crippen molar-refractivity contribution in [1.29, 1.82) is 0 Å². The monoisotopic (exact) mass is 304 g/mol. The van der Waals surface area contributed by atoms with Crippen LogP contribution in [0, 0.1) is 0 Å². The van der Waals surface area contributed by atoms with E-state index in [2.05, 4.69) is 27.6 Å². The molecule has 0 unspecified atom stereocenters. The Morgan fingerprint density at radius 2 is 1.70 bits per heavy atom. The SMILES string of the molecule is O=C(Nc1ccc(-c2ccn[nH]2)cc1)N1Cc2ccccc2C1. The maximum Gasteiger partial charge on any atom is 0.322 e. The molecule has 3 aromatic rings. The molecule has 0 saturated carbocycles. The molecule has 23 heavy (non-hydrogen) atoms. The second kappa shape index (κ2) is 5.61. The number of rotatable bonds is 2. The van der Waals surface area contributed by atoms with Crippen LogP contribution >= 0.6 is 0 Å². The van der Waals surface area contributed by atoms with Gasteiger partial charge in [-0.1, -0.05) is 36.4 Å². The van der Waals surface area contributed by atoms with Gasteiger partial charge >= 0.3 is 6.03 Å². The number of benzene rings is 2. The van der Waals surface area contributed by atoms with Crippen LogP contribution in [-0.2, 0) is 13.1 Å². The van der Waals surface area contributed by atoms with Gasteiger partial charge in [-0.3, -0.25) is 5.10 Å². The van der Waals surface area contributed by atoms with Crippen LogP contribution in [0.4, 0.5) is 10.5 Å². The number of carbonyl (C=O) groups excluding carboxylic acids is 1. The number of H-pyrrole nitrogens is 1. The summed E-state index contributed by atoms with van der Waals surface area (Å²) < 4.78 is 0. The Kier molecular flexibility index (Phi) is 3.31. The second-order valence-corrected chi connectivity index (χ2v) is 5.60. The van der Waals surface area contributed by atoms with Gasteiger partial charge in [-0.25, -0.2) is 4.79 Å². The molecule has 2 heterocycles. The van der Waals surface area contributed by atoms with Gasteiger partial charge in [0.2, 0.25) is 0 Å². The number of carbonyl (C=O) groups is 1. The van der Waals surface area contributed by atoms with E-state index < -0.39 is 0 Å². The molecule has 5 heteroatoms. The van der Waals surface area contributed by atoms with E-state index in [1.54, 1.807) is 6.20 Å². The number of aromatic amines is 1. The van der Waals surface area contributed by atoms with Crippen molar-refractivity contribution in [3.63, 3.8) is 0 Å². The number of nitrogens with one attached hydrogen (secondary N) is 2. The van der Waals surface area contributed by atoms with Crippen molar-refractivity contribution in [2.24, 2.45) is 0 Å². The number of hydrogen-bond donors (Lipinski definition) is 2. The minimum atomic E-state index is -0.0736. The van der Waals surface area contributed by atoms with E-state index in [0.29, 0.717) is 13.1 Å². The van der Waals surface area contributed by atoms with E-state index in [9.17, 15) is 4.79 Å². The minimum absolute atomic E-state index is 0.0736. The molecule has 1 aliphatic rings. The molecule has 4 rings (SSSR count). The normalized spacial score (nSPS) is 13.0. The minimum Gasteiger partial charge on any atom is -0.316 e. The molecular formula is C18H16N4O. The largest absolute Gasteiger partial charge is 0.322 e. The quantitative estimate of drug-likeness (QED) is 0.759. The van der Waals surface area contributed by atoms with Gasteiger partial charge in [-0.15, -0.1) is 0 Å². The molecule has 2 N–H and O–H groups in total. The van der Waals surface area contributed by atoms with E-state index in [0.717, 1.165) is 16.9 Å². The molecule has 0 aliphatic carbocycles. The molecule has 0 spiro atoms. The van der Waals surface area contributed by atoms with E-state index in [4.69, 9.17) is 0 Å². The zero-order valence-corrected chi connectivity index (χ0v) is 12.5. The fourth-order valence-corrected chi connectivity index (χ4v) is 2.83. The lowest BCUT2D eigenvalue weighted by Gasteiger charge is -2.16. The average Bonchev–Trinajstić information content (AvgIpc) is 3.25. The molecule has 0 atom stereocenters. The third-order valence-corrected chi connectivity index (χ3v) is 4.08. The summed E-state index contributed by atoms with van der Waals surface area (Å²) in [6.07, 6.45) is 1.72. The predicted octanol–water partition coefficient (Wildman–Crippen LogP) is 3.62. The van der Waals surface area contributed by atoms with Gasteiger partial charge < -0.3 is 10.2 Å². The number of amides is 2. The van der Waals surface area contributed by atoms with Gasteiger partial charge in [0, 0.05) is 25.0 Å². The van der Waals surface area contributed by atoms with Crippen molar-refractivity contribution < 1.29 is 4.79 Å². The van der Waals surface area contributed by atoms with Crippen LogP contribution < -0.4 is 5.32 Å². The lowest BCUT2D eigenvalue weighted by molar-refractivity contribution is 0.212. The lowest BCUT2D eigenvalue weighted by Crippen LogP contribution is -2.30. The first kappa shape index (κ1) is 13.6. The molecule has 0 radical (unpaired) electrons. The molecule has 2 aromatic carbocycles. The van der Waals surface area contributed by atoms with E-state index in [1.807, 2.05) is 47.4 Å². The summed E-state index contributed by atoms with van der Waals surface area (Å²) in [6.45, 7) is 1.32. The number of hydrogen-bond acceptors (Lipinski definition) is 2. The number of aromatic nitrogens is 2. The van der Waals surface area contributed by atoms with Gasteiger partial charge in [0.15, 0.2) is 0 Å². The lowest BCUT2D eigenvalue weighted by atomic mass is 10.1. The second-order valence-electron chi connectivity index (χ2n) is 5.60. The topological polar surface area (TPSA) is 61.0 Å². The number of nitrogens with zero attached hydrogens (tertiary/aromatic N) is 2. The fraction of sp³-hybridized carbons (Fsp3) is 0.111. The Morgan fingerprint density at radius 1 is 1.00 bits per heavy atom. The van der Waals surface area contributed by atoms with E-state index in [-0.39, 0.29) is 6.03 Å². The third-order valence-electron chi connectivity index (χ3n) is 4.08. The van der Waals surface area contributed by atoms with Crippen LogP contribution in [0.25, 0.3) is 11.3 Å². The van der Waals surface area contributed by atoms with Crippen molar-refractivity contribution in [3.8, 4) is 11.3 Å². The van der Waals surface area contributed by atoms with E-state index in [1.165, 1.54) is 11.1 Å². The first-order chi connectivity index (χ1) is 11.3. The predicted molar refractivity (Wildman–Crippen MR) is 88.7 cm³/mol. The summed E-state index contributed by atoms with van der Waals surface area (Å²) in [4.78, 5) is 14.2. The van der Waals surface area contributed by atoms with Crippen LogP contribution in [0.3, 0.4) is 0 Å². The average molecular weight is 304 g/mol. The molecule has 5 nitrogen and oxygen atoms in total. The Morgan fingerprint density at radius 3 is 2.30 bits per heavy atom. The first-order valence-electron chi connectivity index (χ1n) is 7.52. The maximum absolute atomic E-state index is 12.4. The molecule has 0 bridgehead atoms. The summed E-state index contributed by atoms with van der Waals surface area (Å²) in [5.74, 6) is 0. The van der Waals surface area contributed by atoms with Crippen LogP contribution in [0.1, 0.15) is 11.1 Å². The van der Waals surface area contributed by atoms with Crippen LogP contribution in [-0.4, -0.2) is 21.1 Å². The number of anilines is 1. The third kappa shape index (κ3) is 2.68. The van der Waals surface area contributed by atoms with Gasteiger partial charge in [0.05, 0.1) is 5.69 Å². The molecule has 1 aromatic heterocycles. The van der Waals surface area contributed by atoms with Crippen molar-refractivity contribution in [2.45, 2.75) is 13.1 Å². The van der Waals surface area contributed by atoms with Gasteiger partial charge in [0.25, 0.3) is 0 Å². The molecule has 0 fully saturated rings. The Balaban J connectivity index is 1.44. The summed E-state index contributed by atoms with van der Waals surface area (Å²) in [6, 6.07) is 17.7. The number of urea groups is 1. The molecule has 2 amide bonds. The van der Waals surface area contributed by atoms with Crippen LogP contribution in [0.15, 0.2) is 60.8 Å². The highest BCUT2D eigenvalue weighted by Gasteiger charge is 2.22. The Bertz CT molecular complexity index is 799. The molecule has 1 aliphatic heterocycles. The summed E-state index contributed by atoms with van der Waals surface area (Å²) in [7, 11) is 0. The summed E-state index contributed by atoms with van der Waals surface area (Å²) in [5, 5.41) is 9.82. The van der Waals surface area contributed by atoms with Crippen LogP contribution in [0.5, 0.6) is 0 Å². The van der Waals surface area contributed by atoms with Crippen molar-refractivity contribution in [1.82, 2.24) is 15.1 Å². The first-order valence-corrected chi connectivity index (χ1v) is 7.52. The highest BCUT2D eigenvalue weighted by molar-refractivity contribution is 5.90. The molecule has 0 saturated heterocycles. The smallest absolute Gasteiger partial charge is 0.316 e.